The summed E-state index contributed by atoms with van der Waals surface area (Å²) in [5.74, 6) is 0.419. The summed E-state index contributed by atoms with van der Waals surface area (Å²) in [6.45, 7) is 12.0. The van der Waals surface area contributed by atoms with Crippen molar-refractivity contribution in [2.75, 3.05) is 6.61 Å². The van der Waals surface area contributed by atoms with Gasteiger partial charge in [0.25, 0.3) is 0 Å². The summed E-state index contributed by atoms with van der Waals surface area (Å²) in [6.07, 6.45) is 0. The van der Waals surface area contributed by atoms with Crippen molar-refractivity contribution >= 4 is 10.6 Å². The molecule has 0 bridgehead atoms. The van der Waals surface area contributed by atoms with E-state index in [-0.39, 0.29) is 6.61 Å². The molecule has 106 valence electrons. The molecule has 0 radical (unpaired) electrons. The highest BCUT2D eigenvalue weighted by Gasteiger charge is 1.99. The van der Waals surface area contributed by atoms with Crippen LogP contribution in [0, 0.1) is 11.7 Å². The minimum atomic E-state index is -1.62. The molecule has 0 amide bonds. The van der Waals surface area contributed by atoms with E-state index >= 15 is 0 Å². The first-order chi connectivity index (χ1) is 8.43. The minimum Gasteiger partial charge on any atom is -0.440 e. The Kier molecular flexibility index (Phi) is 12.2. The molecule has 0 heterocycles. The zero-order valence-electron chi connectivity index (χ0n) is 12.3. The molecule has 0 saturated carbocycles. The standard InChI is InChI=1S/C10H14NOS.C2H6O.C2H6/c1-7(2)9-5-4-8(3)10(6-9)13(11)12;1-2-3;1-2/h4-7,11H,1-3H3;3H,2H2,1H3;1-2H3/q-1;;. The van der Waals surface area contributed by atoms with Crippen molar-refractivity contribution in [3.63, 3.8) is 0 Å². The van der Waals surface area contributed by atoms with Crippen molar-refractivity contribution < 1.29 is 9.32 Å². The van der Waals surface area contributed by atoms with Crippen LogP contribution in [-0.4, -0.2) is 11.7 Å². The highest BCUT2D eigenvalue weighted by atomic mass is 32.2. The smallest absolute Gasteiger partial charge is 0.0402 e. The first kappa shape index (κ1) is 19.5. The van der Waals surface area contributed by atoms with Crippen LogP contribution in [0.1, 0.15) is 51.7 Å². The molecule has 0 aromatic heterocycles. The average Bonchev–Trinajstić information content (AvgIpc) is 2.32. The van der Waals surface area contributed by atoms with Crippen LogP contribution in [0.3, 0.4) is 0 Å². The van der Waals surface area contributed by atoms with E-state index in [1.807, 2.05) is 39.0 Å². The van der Waals surface area contributed by atoms with E-state index in [0.717, 1.165) is 11.1 Å². The van der Waals surface area contributed by atoms with Crippen LogP contribution < -0.4 is 0 Å². The van der Waals surface area contributed by atoms with Crippen LogP contribution in [0.4, 0.5) is 0 Å². The van der Waals surface area contributed by atoms with Gasteiger partial charge in [-0.05, 0) is 25.3 Å². The van der Waals surface area contributed by atoms with Gasteiger partial charge < -0.3 is 14.1 Å². The Bertz CT molecular complexity index is 391. The Morgan fingerprint density at radius 1 is 1.33 bits per heavy atom. The number of aliphatic hydroxyl groups is 1. The van der Waals surface area contributed by atoms with Gasteiger partial charge in [-0.3, -0.25) is 0 Å². The summed E-state index contributed by atoms with van der Waals surface area (Å²) in [5, 5.41) is 7.57. The average molecular weight is 272 g/mol. The summed E-state index contributed by atoms with van der Waals surface area (Å²) >= 11 is 0. The molecule has 0 unspecified atom stereocenters. The van der Waals surface area contributed by atoms with Gasteiger partial charge in [0, 0.05) is 6.61 Å². The van der Waals surface area contributed by atoms with Crippen molar-refractivity contribution in [3.05, 3.63) is 29.3 Å². The Hall–Kier alpha value is -0.870. The maximum absolute atomic E-state index is 11.0. The van der Waals surface area contributed by atoms with Gasteiger partial charge in [0.1, 0.15) is 0 Å². The first-order valence-corrected chi connectivity index (χ1v) is 7.43. The van der Waals surface area contributed by atoms with Crippen molar-refractivity contribution in [3.8, 4) is 0 Å². The van der Waals surface area contributed by atoms with Crippen LogP contribution in [0.2, 0.25) is 0 Å². The number of nitrogens with one attached hydrogen (secondary N) is 1. The fourth-order valence-electron chi connectivity index (χ4n) is 1.18. The van der Waals surface area contributed by atoms with E-state index in [4.69, 9.17) is 9.89 Å². The Balaban J connectivity index is 0. The van der Waals surface area contributed by atoms with Crippen molar-refractivity contribution in [2.45, 2.75) is 52.4 Å². The molecule has 0 aliphatic carbocycles. The van der Waals surface area contributed by atoms with E-state index in [0.29, 0.717) is 10.8 Å². The first-order valence-electron chi connectivity index (χ1n) is 6.28. The second kappa shape index (κ2) is 11.2. The molecule has 0 saturated heterocycles. The third kappa shape index (κ3) is 7.45. The molecule has 1 aromatic carbocycles. The molecule has 0 spiro atoms. The van der Waals surface area contributed by atoms with Gasteiger partial charge in [-0.25, -0.2) is 0 Å². The van der Waals surface area contributed by atoms with Crippen LogP contribution in [0.25, 0.3) is 0 Å². The molecule has 18 heavy (non-hydrogen) atoms. The van der Waals surface area contributed by atoms with Crippen LogP contribution in [0.15, 0.2) is 23.1 Å². The lowest BCUT2D eigenvalue weighted by atomic mass is 10.0. The number of aliphatic hydroxyl groups excluding tert-OH is 1. The molecule has 0 fully saturated rings. The predicted octanol–water partition coefficient (Wildman–Crippen LogP) is 4.23. The largest absolute Gasteiger partial charge is 0.440 e. The second-order valence-electron chi connectivity index (χ2n) is 3.76. The zero-order chi connectivity index (χ0) is 14.7. The van der Waals surface area contributed by atoms with Crippen LogP contribution in [-0.2, 0) is 14.8 Å². The summed E-state index contributed by atoms with van der Waals surface area (Å²) in [6, 6.07) is 5.82. The van der Waals surface area contributed by atoms with Gasteiger partial charge in [-0.1, -0.05) is 56.4 Å². The fourth-order valence-corrected chi connectivity index (χ4v) is 1.78. The third-order valence-electron chi connectivity index (χ3n) is 2.08. The highest BCUT2D eigenvalue weighted by molar-refractivity contribution is 7.73. The van der Waals surface area contributed by atoms with Crippen molar-refractivity contribution in [2.24, 2.45) is 0 Å². The Morgan fingerprint density at radius 3 is 2.11 bits per heavy atom. The molecule has 0 aliphatic rings. The van der Waals surface area contributed by atoms with Gasteiger partial charge in [-0.2, -0.15) is 10.6 Å². The topological polar surface area (TPSA) is 61.1 Å². The maximum atomic E-state index is 11.0. The molecular formula is C14H26NO2S-. The lowest BCUT2D eigenvalue weighted by molar-refractivity contribution is 0.318. The molecule has 2 N–H and O–H groups in total. The molecule has 1 rings (SSSR count). The number of rotatable bonds is 2. The molecule has 0 aliphatic heterocycles. The van der Waals surface area contributed by atoms with Gasteiger partial charge in [0.05, 0.1) is 0 Å². The lowest BCUT2D eigenvalue weighted by Gasteiger charge is -2.12. The predicted molar refractivity (Wildman–Crippen MR) is 78.4 cm³/mol. The Labute approximate surface area is 113 Å². The number of aryl methyl sites for hydroxylation is 1. The van der Waals surface area contributed by atoms with Crippen LogP contribution >= 0.6 is 0 Å². The summed E-state index contributed by atoms with van der Waals surface area (Å²) < 4.78 is 18.2. The maximum Gasteiger partial charge on any atom is 0.0402 e. The van der Waals surface area contributed by atoms with Gasteiger partial charge in [0.2, 0.25) is 0 Å². The highest BCUT2D eigenvalue weighted by Crippen LogP contribution is 2.19. The van der Waals surface area contributed by atoms with Gasteiger partial charge in [-0.15, -0.1) is 0 Å². The summed E-state index contributed by atoms with van der Waals surface area (Å²) in [4.78, 5) is 0.631. The summed E-state index contributed by atoms with van der Waals surface area (Å²) in [7, 11) is -1.62. The van der Waals surface area contributed by atoms with Gasteiger partial charge >= 0.3 is 0 Å². The van der Waals surface area contributed by atoms with E-state index in [9.17, 15) is 4.21 Å². The fraction of sp³-hybridized carbons (Fsp3) is 0.571. The summed E-state index contributed by atoms with van der Waals surface area (Å²) in [5.41, 5.74) is 2.07. The molecular weight excluding hydrogens is 246 g/mol. The van der Waals surface area contributed by atoms with Crippen LogP contribution in [0.5, 0.6) is 0 Å². The Morgan fingerprint density at radius 2 is 1.78 bits per heavy atom. The monoisotopic (exact) mass is 272 g/mol. The molecule has 4 heteroatoms. The number of benzene rings is 1. The lowest BCUT2D eigenvalue weighted by Crippen LogP contribution is -1.91. The van der Waals surface area contributed by atoms with E-state index in [1.54, 1.807) is 6.92 Å². The SMILES string of the molecule is CC.CCO.Cc1ccc(C(C)C)cc1[S-](=N)=O. The molecule has 3 nitrogen and oxygen atoms in total. The normalized spacial score (nSPS) is 9.39. The zero-order valence-corrected chi connectivity index (χ0v) is 13.1. The van der Waals surface area contributed by atoms with E-state index in [1.165, 1.54) is 0 Å². The van der Waals surface area contributed by atoms with Crippen molar-refractivity contribution in [1.29, 1.82) is 4.78 Å². The third-order valence-corrected chi connectivity index (χ3v) is 2.92. The van der Waals surface area contributed by atoms with Gasteiger partial charge in [0.15, 0.2) is 0 Å². The molecule has 1 aromatic rings. The number of hydrogen-bond acceptors (Lipinski definition) is 4. The van der Waals surface area contributed by atoms with E-state index in [2.05, 4.69) is 13.8 Å². The molecule has 0 atom stereocenters. The minimum absolute atomic E-state index is 0.250. The van der Waals surface area contributed by atoms with E-state index < -0.39 is 10.6 Å². The number of hydrogen-bond donors (Lipinski definition) is 2. The second-order valence-corrected chi connectivity index (χ2v) is 4.74. The quantitative estimate of drug-likeness (QED) is 0.791. The van der Waals surface area contributed by atoms with Crippen molar-refractivity contribution in [1.82, 2.24) is 0 Å².